The van der Waals surface area contributed by atoms with E-state index in [0.29, 0.717) is 0 Å². The van der Waals surface area contributed by atoms with Gasteiger partial charge in [0.1, 0.15) is 13.1 Å². The molecule has 0 saturated carbocycles. The van der Waals surface area contributed by atoms with Crippen molar-refractivity contribution in [2.45, 2.75) is 135 Å². The molecule has 1 aromatic carbocycles. The minimum Gasteiger partial charge on any atom is -0.391 e. The summed E-state index contributed by atoms with van der Waals surface area (Å²) in [6, 6.07) is 10.7. The fraction of sp³-hybridized carbons (Fsp3) is 0.806. The molecule has 0 saturated heterocycles. The monoisotopic (exact) mass is 460 g/mol. The molecule has 2 heteroatoms. The third-order valence-electron chi connectivity index (χ3n) is 7.35. The highest BCUT2D eigenvalue weighted by Gasteiger charge is 2.20. The van der Waals surface area contributed by atoms with Gasteiger partial charge >= 0.3 is 0 Å². The van der Waals surface area contributed by atoms with Crippen LogP contribution < -0.4 is 0 Å². The van der Waals surface area contributed by atoms with Crippen molar-refractivity contribution in [1.82, 2.24) is 0 Å². The van der Waals surface area contributed by atoms with E-state index in [0.717, 1.165) is 17.6 Å². The number of likely N-dealkylation sites (N-methyl/N-ethyl adjacent to an activating group) is 1. The molecule has 0 aliphatic heterocycles. The van der Waals surface area contributed by atoms with Gasteiger partial charge in [0.2, 0.25) is 0 Å². The van der Waals surface area contributed by atoms with Gasteiger partial charge in [0, 0.05) is 5.56 Å². The zero-order valence-corrected chi connectivity index (χ0v) is 22.5. The van der Waals surface area contributed by atoms with Crippen LogP contribution in [-0.4, -0.2) is 36.3 Å². The van der Waals surface area contributed by atoms with Crippen molar-refractivity contribution < 1.29 is 9.59 Å². The highest BCUT2D eigenvalue weighted by Crippen LogP contribution is 2.17. The van der Waals surface area contributed by atoms with Gasteiger partial charge in [0.15, 0.2) is 0 Å². The van der Waals surface area contributed by atoms with Gasteiger partial charge in [-0.05, 0) is 12.8 Å². The quantitative estimate of drug-likeness (QED) is 0.120. The van der Waals surface area contributed by atoms with Gasteiger partial charge in [0.25, 0.3) is 0 Å². The van der Waals surface area contributed by atoms with Gasteiger partial charge in [-0.1, -0.05) is 146 Å². The largest absolute Gasteiger partial charge is 0.391 e. The van der Waals surface area contributed by atoms with E-state index in [1.165, 1.54) is 134 Å². The normalized spacial score (nSPS) is 13.3. The Bertz CT molecular complexity index is 517. The van der Waals surface area contributed by atoms with Crippen LogP contribution >= 0.6 is 0 Å². The first-order chi connectivity index (χ1) is 16.2. The molecule has 2 nitrogen and oxygen atoms in total. The van der Waals surface area contributed by atoms with E-state index in [1.807, 2.05) is 0 Å². The average Bonchev–Trinajstić information content (AvgIpc) is 2.81. The summed E-state index contributed by atoms with van der Waals surface area (Å²) >= 11 is 0. The van der Waals surface area contributed by atoms with Crippen molar-refractivity contribution in [3.05, 3.63) is 35.9 Å². The zero-order valence-electron chi connectivity index (χ0n) is 22.5. The van der Waals surface area contributed by atoms with E-state index in [2.05, 4.69) is 44.3 Å². The second-order valence-corrected chi connectivity index (χ2v) is 10.8. The molecular weight excluding hydrogens is 402 g/mol. The molecule has 1 unspecified atom stereocenters. The zero-order chi connectivity index (χ0) is 23.9. The Kier molecular flexibility index (Phi) is 19.8. The Morgan fingerprint density at radius 3 is 1.33 bits per heavy atom. The molecule has 1 rings (SSSR count). The van der Waals surface area contributed by atoms with Crippen molar-refractivity contribution in [2.75, 3.05) is 26.7 Å². The molecule has 0 aliphatic carbocycles. The van der Waals surface area contributed by atoms with Crippen LogP contribution in [0.2, 0.25) is 0 Å². The maximum absolute atomic E-state index is 9.52. The number of hydrogen-bond acceptors (Lipinski definition) is 1. The van der Waals surface area contributed by atoms with Crippen LogP contribution in [0.5, 0.6) is 0 Å². The van der Waals surface area contributed by atoms with Crippen LogP contribution in [0.4, 0.5) is 0 Å². The fourth-order valence-corrected chi connectivity index (χ4v) is 5.11. The van der Waals surface area contributed by atoms with Crippen molar-refractivity contribution >= 4 is 0 Å². The number of aliphatic hydroxyl groups is 1. The van der Waals surface area contributed by atoms with Crippen LogP contribution in [-0.2, 0) is 6.54 Å². The smallest absolute Gasteiger partial charge is 0.104 e. The lowest BCUT2D eigenvalue weighted by molar-refractivity contribution is -0.923. The second kappa shape index (κ2) is 21.7. The van der Waals surface area contributed by atoms with E-state index in [-0.39, 0.29) is 6.61 Å². The molecule has 0 aliphatic rings. The maximum Gasteiger partial charge on any atom is 0.104 e. The molecule has 0 fully saturated rings. The molecule has 0 spiro atoms. The molecule has 1 N–H and O–H groups in total. The number of rotatable bonds is 24. The summed E-state index contributed by atoms with van der Waals surface area (Å²) in [5.41, 5.74) is 1.38. The van der Waals surface area contributed by atoms with Gasteiger partial charge in [0.05, 0.1) is 20.2 Å². The van der Waals surface area contributed by atoms with Crippen LogP contribution in [0.25, 0.3) is 0 Å². The second-order valence-electron chi connectivity index (χ2n) is 10.8. The number of hydrogen-bond donors (Lipinski definition) is 1. The Morgan fingerprint density at radius 2 is 0.939 bits per heavy atom. The molecule has 0 bridgehead atoms. The molecule has 0 radical (unpaired) electrons. The topological polar surface area (TPSA) is 20.2 Å². The molecule has 0 heterocycles. The van der Waals surface area contributed by atoms with Crippen LogP contribution in [0.3, 0.4) is 0 Å². The number of nitrogens with zero attached hydrogens (tertiary/aromatic N) is 1. The lowest BCUT2D eigenvalue weighted by Gasteiger charge is -2.34. The summed E-state index contributed by atoms with van der Waals surface area (Å²) in [6.45, 7) is 5.64. The lowest BCUT2D eigenvalue weighted by Crippen LogP contribution is -2.46. The molecule has 0 aromatic heterocycles. The van der Waals surface area contributed by atoms with Gasteiger partial charge < -0.3 is 9.59 Å². The average molecular weight is 461 g/mol. The lowest BCUT2D eigenvalue weighted by atomic mass is 10.0. The predicted octanol–water partition coefficient (Wildman–Crippen LogP) is 9.06. The standard InChI is InChI=1S/C31H58NO/c1-3-4-5-6-7-8-9-10-11-12-13-14-15-16-17-18-19-20-24-27-32(2,28-29-33)30-31-25-22-21-23-26-31/h21-23,25-26,33H,3-20,24,27-30H2,1-2H3/q+1. The van der Waals surface area contributed by atoms with E-state index in [9.17, 15) is 5.11 Å². The number of unbranched alkanes of at least 4 members (excludes halogenated alkanes) is 18. The summed E-state index contributed by atoms with van der Waals surface area (Å²) in [5.74, 6) is 0. The molecule has 192 valence electrons. The maximum atomic E-state index is 9.52. The van der Waals surface area contributed by atoms with Gasteiger partial charge in [-0.2, -0.15) is 0 Å². The van der Waals surface area contributed by atoms with Crippen LogP contribution in [0, 0.1) is 0 Å². The highest BCUT2D eigenvalue weighted by atomic mass is 16.3. The minimum absolute atomic E-state index is 0.280. The molecule has 1 atom stereocenters. The van der Waals surface area contributed by atoms with Gasteiger partial charge in [-0.15, -0.1) is 0 Å². The number of aliphatic hydroxyl groups excluding tert-OH is 1. The molecule has 1 aromatic rings. The Morgan fingerprint density at radius 1 is 0.545 bits per heavy atom. The Hall–Kier alpha value is -0.860. The summed E-state index contributed by atoms with van der Waals surface area (Å²) in [7, 11) is 2.30. The Balaban J connectivity index is 1.87. The summed E-state index contributed by atoms with van der Waals surface area (Å²) < 4.78 is 0.958. The van der Waals surface area contributed by atoms with Gasteiger partial charge in [-0.3, -0.25) is 0 Å². The van der Waals surface area contributed by atoms with E-state index in [1.54, 1.807) is 0 Å². The third kappa shape index (κ3) is 18.2. The summed E-state index contributed by atoms with van der Waals surface area (Å²) in [6.07, 6.45) is 27.1. The van der Waals surface area contributed by atoms with Crippen molar-refractivity contribution in [1.29, 1.82) is 0 Å². The number of quaternary nitrogens is 1. The summed E-state index contributed by atoms with van der Waals surface area (Å²) in [5, 5.41) is 9.52. The first-order valence-electron chi connectivity index (χ1n) is 14.7. The predicted molar refractivity (Wildman–Crippen MR) is 147 cm³/mol. The van der Waals surface area contributed by atoms with Gasteiger partial charge in [-0.25, -0.2) is 0 Å². The molecular formula is C31H58NO+. The third-order valence-corrected chi connectivity index (χ3v) is 7.35. The summed E-state index contributed by atoms with van der Waals surface area (Å²) in [4.78, 5) is 0. The van der Waals surface area contributed by atoms with Crippen LogP contribution in [0.15, 0.2) is 30.3 Å². The van der Waals surface area contributed by atoms with E-state index in [4.69, 9.17) is 0 Å². The SMILES string of the molecule is CCCCCCCCCCCCCCCCCCCCC[N+](C)(CCO)Cc1ccccc1. The van der Waals surface area contributed by atoms with Crippen molar-refractivity contribution in [3.63, 3.8) is 0 Å². The van der Waals surface area contributed by atoms with Crippen molar-refractivity contribution in [3.8, 4) is 0 Å². The fourth-order valence-electron chi connectivity index (χ4n) is 5.11. The number of benzene rings is 1. The van der Waals surface area contributed by atoms with Crippen molar-refractivity contribution in [2.24, 2.45) is 0 Å². The van der Waals surface area contributed by atoms with E-state index >= 15 is 0 Å². The van der Waals surface area contributed by atoms with Crippen LogP contribution in [0.1, 0.15) is 134 Å². The van der Waals surface area contributed by atoms with E-state index < -0.39 is 0 Å². The molecule has 33 heavy (non-hydrogen) atoms. The highest BCUT2D eigenvalue weighted by molar-refractivity contribution is 5.13. The minimum atomic E-state index is 0.280. The first kappa shape index (κ1) is 30.2. The molecule has 0 amide bonds. The first-order valence-corrected chi connectivity index (χ1v) is 14.7. The Labute approximate surface area is 207 Å².